The summed E-state index contributed by atoms with van der Waals surface area (Å²) in [6.45, 7) is 5.87. The van der Waals surface area contributed by atoms with E-state index in [0.717, 1.165) is 32.0 Å². The summed E-state index contributed by atoms with van der Waals surface area (Å²) in [7, 11) is 0. The molecule has 1 aromatic carbocycles. The zero-order chi connectivity index (χ0) is 27.6. The number of ketones is 1. The van der Waals surface area contributed by atoms with Gasteiger partial charge in [0.25, 0.3) is 5.91 Å². The third kappa shape index (κ3) is 6.04. The maximum absolute atomic E-state index is 13.5. The van der Waals surface area contributed by atoms with E-state index in [1.165, 1.54) is 31.3 Å². The lowest BCUT2D eigenvalue weighted by atomic mass is 9.71. The van der Waals surface area contributed by atoms with E-state index in [9.17, 15) is 18.8 Å². The number of hydrogen-bond acceptors (Lipinski definition) is 5. The average molecular weight is 558 g/mol. The van der Waals surface area contributed by atoms with E-state index in [0.29, 0.717) is 50.8 Å². The Labute approximate surface area is 233 Å². The van der Waals surface area contributed by atoms with E-state index in [-0.39, 0.29) is 40.0 Å². The van der Waals surface area contributed by atoms with Gasteiger partial charge in [-0.05, 0) is 95.1 Å². The molecule has 5 rings (SSSR count). The standard InChI is InChI=1S/C29H37ClFN5O3/c1-19-8-14-35(15-9-19)13-2-3-24(37)25-26(33-18-32-25)27(38)34-21-6-10-29(11-7-21)12-16-36(28(29)39)23-5-4-20(31)17-22(23)30/h4-5,17-19,21H,2-3,6-16H2,1H3,(H,32,33)(H,34,38). The van der Waals surface area contributed by atoms with Crippen LogP contribution in [0, 0.1) is 17.2 Å². The van der Waals surface area contributed by atoms with E-state index in [1.807, 2.05) is 0 Å². The number of carbonyl (C=O) groups excluding carboxylic acids is 3. The smallest absolute Gasteiger partial charge is 0.270 e. The van der Waals surface area contributed by atoms with Gasteiger partial charge in [0.1, 0.15) is 17.2 Å². The molecule has 1 aromatic heterocycles. The summed E-state index contributed by atoms with van der Waals surface area (Å²) in [5.74, 6) is -0.0988. The Bertz CT molecular complexity index is 1220. The lowest BCUT2D eigenvalue weighted by molar-refractivity contribution is -0.127. The third-order valence-electron chi connectivity index (χ3n) is 8.88. The van der Waals surface area contributed by atoms with Crippen LogP contribution in [0.25, 0.3) is 0 Å². The number of anilines is 1. The van der Waals surface area contributed by atoms with Crippen molar-refractivity contribution in [3.63, 3.8) is 0 Å². The Morgan fingerprint density at radius 2 is 1.90 bits per heavy atom. The fraction of sp³-hybridized carbons (Fsp3) is 0.586. The monoisotopic (exact) mass is 557 g/mol. The maximum Gasteiger partial charge on any atom is 0.270 e. The Hall–Kier alpha value is -2.78. The maximum atomic E-state index is 13.5. The highest BCUT2D eigenvalue weighted by atomic mass is 35.5. The average Bonchev–Trinajstić information content (AvgIpc) is 3.53. The molecule has 1 spiro atoms. The van der Waals surface area contributed by atoms with Crippen LogP contribution in [0.2, 0.25) is 5.02 Å². The second-order valence-corrected chi connectivity index (χ2v) is 11.9. The van der Waals surface area contributed by atoms with Crippen LogP contribution in [0.1, 0.15) is 85.7 Å². The van der Waals surface area contributed by atoms with E-state index >= 15 is 0 Å². The van der Waals surface area contributed by atoms with Crippen LogP contribution in [0.4, 0.5) is 10.1 Å². The summed E-state index contributed by atoms with van der Waals surface area (Å²) in [6, 6.07) is 4.01. The number of rotatable bonds is 8. The minimum atomic E-state index is -0.486. The van der Waals surface area contributed by atoms with Gasteiger partial charge in [-0.3, -0.25) is 14.4 Å². The first-order valence-corrected chi connectivity index (χ1v) is 14.5. The van der Waals surface area contributed by atoms with Gasteiger partial charge in [0.15, 0.2) is 5.78 Å². The van der Waals surface area contributed by atoms with Gasteiger partial charge in [-0.25, -0.2) is 9.37 Å². The van der Waals surface area contributed by atoms with Crippen molar-refractivity contribution in [1.82, 2.24) is 20.2 Å². The van der Waals surface area contributed by atoms with E-state index in [4.69, 9.17) is 11.6 Å². The van der Waals surface area contributed by atoms with Crippen LogP contribution in [0.5, 0.6) is 0 Å². The first-order chi connectivity index (χ1) is 18.8. The molecular weight excluding hydrogens is 521 g/mol. The van der Waals surface area contributed by atoms with Gasteiger partial charge in [-0.15, -0.1) is 0 Å². The largest absolute Gasteiger partial charge is 0.348 e. The summed E-state index contributed by atoms with van der Waals surface area (Å²) in [5.41, 5.74) is 0.462. The number of likely N-dealkylation sites (tertiary alicyclic amines) is 1. The van der Waals surface area contributed by atoms with Crippen LogP contribution >= 0.6 is 11.6 Å². The SMILES string of the molecule is CC1CCN(CCCC(=O)c2nc[nH]c2C(=O)NC2CCC3(CC2)CCN(c2ccc(F)cc2Cl)C3=O)CC1. The molecule has 1 saturated carbocycles. The number of aromatic amines is 1. The number of H-pyrrole nitrogens is 1. The summed E-state index contributed by atoms with van der Waals surface area (Å²) in [6.07, 6.45) is 8.24. The first-order valence-electron chi connectivity index (χ1n) is 14.1. The molecule has 0 radical (unpaired) electrons. The Morgan fingerprint density at radius 3 is 2.62 bits per heavy atom. The number of aromatic nitrogens is 2. The minimum absolute atomic E-state index is 0.0151. The second kappa shape index (κ2) is 11.8. The van der Waals surface area contributed by atoms with Gasteiger partial charge in [-0.1, -0.05) is 18.5 Å². The van der Waals surface area contributed by atoms with Crippen molar-refractivity contribution in [3.05, 3.63) is 46.8 Å². The normalized spacial score (nSPS) is 24.4. The van der Waals surface area contributed by atoms with Crippen molar-refractivity contribution >= 4 is 34.9 Å². The number of benzene rings is 1. The van der Waals surface area contributed by atoms with Gasteiger partial charge < -0.3 is 20.1 Å². The number of hydrogen-bond donors (Lipinski definition) is 2. The molecule has 0 bridgehead atoms. The fourth-order valence-corrected chi connectivity index (χ4v) is 6.60. The molecule has 2 amide bonds. The highest BCUT2D eigenvalue weighted by Crippen LogP contribution is 2.47. The number of halogens is 2. The van der Waals surface area contributed by atoms with Gasteiger partial charge in [-0.2, -0.15) is 0 Å². The number of amides is 2. The predicted molar refractivity (Wildman–Crippen MR) is 148 cm³/mol. The topological polar surface area (TPSA) is 98.4 Å². The Kier molecular flexibility index (Phi) is 8.38. The Morgan fingerprint density at radius 1 is 1.15 bits per heavy atom. The molecule has 3 aliphatic rings. The summed E-state index contributed by atoms with van der Waals surface area (Å²) >= 11 is 6.22. The van der Waals surface area contributed by atoms with Gasteiger partial charge in [0.05, 0.1) is 22.5 Å². The van der Waals surface area contributed by atoms with E-state index < -0.39 is 11.2 Å². The van der Waals surface area contributed by atoms with Crippen molar-refractivity contribution in [2.45, 2.75) is 70.8 Å². The number of nitrogens with one attached hydrogen (secondary N) is 2. The molecule has 2 saturated heterocycles. The molecule has 210 valence electrons. The highest BCUT2D eigenvalue weighted by Gasteiger charge is 2.49. The van der Waals surface area contributed by atoms with Crippen molar-refractivity contribution in [3.8, 4) is 0 Å². The molecule has 3 heterocycles. The van der Waals surface area contributed by atoms with Crippen LogP contribution < -0.4 is 10.2 Å². The lowest BCUT2D eigenvalue weighted by Gasteiger charge is -2.36. The molecule has 8 nitrogen and oxygen atoms in total. The number of piperidine rings is 1. The van der Waals surface area contributed by atoms with Crippen molar-refractivity contribution < 1.29 is 18.8 Å². The second-order valence-electron chi connectivity index (χ2n) is 11.5. The minimum Gasteiger partial charge on any atom is -0.348 e. The highest BCUT2D eigenvalue weighted by molar-refractivity contribution is 6.34. The molecule has 10 heteroatoms. The molecular formula is C29H37ClFN5O3. The zero-order valence-electron chi connectivity index (χ0n) is 22.5. The summed E-state index contributed by atoms with van der Waals surface area (Å²) in [4.78, 5) is 50.4. The van der Waals surface area contributed by atoms with Crippen LogP contribution in [-0.2, 0) is 4.79 Å². The first kappa shape index (κ1) is 27.8. The number of carbonyl (C=O) groups is 3. The number of Topliss-reactive ketones (excluding diaryl/α,β-unsaturated/α-hetero) is 1. The molecule has 2 aromatic rings. The van der Waals surface area contributed by atoms with Crippen LogP contribution in [0.15, 0.2) is 24.5 Å². The van der Waals surface area contributed by atoms with Gasteiger partial charge >= 0.3 is 0 Å². The van der Waals surface area contributed by atoms with E-state index in [2.05, 4.69) is 27.1 Å². The van der Waals surface area contributed by atoms with Crippen LogP contribution in [0.3, 0.4) is 0 Å². The van der Waals surface area contributed by atoms with Crippen LogP contribution in [-0.4, -0.2) is 64.7 Å². The molecule has 0 atom stereocenters. The lowest BCUT2D eigenvalue weighted by Crippen LogP contribution is -2.44. The van der Waals surface area contributed by atoms with Crippen molar-refractivity contribution in [2.75, 3.05) is 31.1 Å². The molecule has 2 aliphatic heterocycles. The predicted octanol–water partition coefficient (Wildman–Crippen LogP) is 4.99. The molecule has 1 aliphatic carbocycles. The van der Waals surface area contributed by atoms with Crippen molar-refractivity contribution in [1.29, 1.82) is 0 Å². The summed E-state index contributed by atoms with van der Waals surface area (Å²) in [5, 5.41) is 3.28. The fourth-order valence-electron chi connectivity index (χ4n) is 6.33. The third-order valence-corrected chi connectivity index (χ3v) is 9.18. The van der Waals surface area contributed by atoms with Gasteiger partial charge in [0.2, 0.25) is 5.91 Å². The number of imidazole rings is 1. The van der Waals surface area contributed by atoms with Crippen molar-refractivity contribution in [2.24, 2.45) is 11.3 Å². The molecule has 2 N–H and O–H groups in total. The van der Waals surface area contributed by atoms with Gasteiger partial charge in [0, 0.05) is 19.0 Å². The molecule has 39 heavy (non-hydrogen) atoms. The quantitative estimate of drug-likeness (QED) is 0.445. The molecule has 0 unspecified atom stereocenters. The van der Waals surface area contributed by atoms with E-state index in [1.54, 1.807) is 11.0 Å². The summed E-state index contributed by atoms with van der Waals surface area (Å²) < 4.78 is 13.5. The number of nitrogens with zero attached hydrogens (tertiary/aromatic N) is 3. The molecule has 3 fully saturated rings. The zero-order valence-corrected chi connectivity index (χ0v) is 23.2. The Balaban J connectivity index is 1.12.